The smallest absolute Gasteiger partial charge is 0.313 e. The molecule has 0 aliphatic rings. The molecule has 1 amide bonds. The largest absolute Gasteiger partial charge is 0.481 e. The molecule has 1 aromatic carbocycles. The number of carboxylic acids is 1. The van der Waals surface area contributed by atoms with Crippen molar-refractivity contribution in [1.82, 2.24) is 5.32 Å². The van der Waals surface area contributed by atoms with E-state index in [2.05, 4.69) is 5.32 Å². The van der Waals surface area contributed by atoms with Crippen LogP contribution in [0.1, 0.15) is 25.0 Å². The van der Waals surface area contributed by atoms with Gasteiger partial charge >= 0.3 is 5.97 Å². The molecule has 1 rings (SSSR count). The summed E-state index contributed by atoms with van der Waals surface area (Å²) in [4.78, 5) is 43.2. The summed E-state index contributed by atoms with van der Waals surface area (Å²) in [5, 5.41) is 32.3. The van der Waals surface area contributed by atoms with Crippen molar-refractivity contribution in [1.29, 1.82) is 0 Å². The highest BCUT2D eigenvalue weighted by molar-refractivity contribution is 6.53. The van der Waals surface area contributed by atoms with Gasteiger partial charge in [0, 0.05) is 18.6 Å². The number of nitrogens with zero attached hydrogens (tertiary/aromatic N) is 1. The molecule has 0 bridgehead atoms. The summed E-state index contributed by atoms with van der Waals surface area (Å²) in [7, 11) is 0. The number of rotatable bonds is 9. The van der Waals surface area contributed by atoms with Gasteiger partial charge in [0.25, 0.3) is 11.6 Å². The lowest BCUT2D eigenvalue weighted by atomic mass is 9.93. The zero-order valence-electron chi connectivity index (χ0n) is 13.5. The first kappa shape index (κ1) is 21.8. The van der Waals surface area contributed by atoms with Gasteiger partial charge in [-0.1, -0.05) is 23.2 Å². The van der Waals surface area contributed by atoms with E-state index in [1.54, 1.807) is 0 Å². The zero-order chi connectivity index (χ0) is 20.0. The number of hydrogen-bond acceptors (Lipinski definition) is 6. The number of nitro benzene ring substituents is 1. The van der Waals surface area contributed by atoms with Gasteiger partial charge in [-0.3, -0.25) is 24.5 Å². The summed E-state index contributed by atoms with van der Waals surface area (Å²) in [5.41, 5.74) is -0.0314. The average Bonchev–Trinajstić information content (AvgIpc) is 2.59. The number of nitro groups is 1. The molecule has 0 fully saturated rings. The predicted octanol–water partition coefficient (Wildman–Crippen LogP) is 1.60. The number of Topliss-reactive ketones (excluding diaryl/α,β-unsaturated/α-hetero) is 1. The Morgan fingerprint density at radius 3 is 2.19 bits per heavy atom. The second kappa shape index (κ2) is 9.46. The Kier molecular flexibility index (Phi) is 7.94. The highest BCUT2D eigenvalue weighted by atomic mass is 35.5. The molecule has 3 N–H and O–H groups in total. The van der Waals surface area contributed by atoms with Gasteiger partial charge in [-0.05, 0) is 24.6 Å². The molecule has 0 aliphatic heterocycles. The number of amides is 1. The van der Waals surface area contributed by atoms with E-state index < -0.39 is 51.9 Å². The fourth-order valence-electron chi connectivity index (χ4n) is 2.04. The maximum absolute atomic E-state index is 12.0. The standard InChI is InChI=1S/C15H16Cl2N2O7/c1-7(15(23)24)11(20)6-10(18-14(22)13(16)17)12(21)8-2-4-9(5-3-8)19(25)26/h2-5,7,10,12-13,21H,6H2,1H3,(H,18,22)(H,23,24). The number of carbonyl (C=O) groups is 3. The van der Waals surface area contributed by atoms with Crippen LogP contribution in [0.25, 0.3) is 0 Å². The first-order valence-corrected chi connectivity index (χ1v) is 8.18. The third kappa shape index (κ3) is 5.94. The normalized spacial score (nSPS) is 14.3. The number of aliphatic hydroxyl groups is 1. The summed E-state index contributed by atoms with van der Waals surface area (Å²) in [6.07, 6.45) is -1.95. The van der Waals surface area contributed by atoms with Gasteiger partial charge in [0.05, 0.1) is 17.1 Å². The van der Waals surface area contributed by atoms with Crippen LogP contribution in [0.3, 0.4) is 0 Å². The van der Waals surface area contributed by atoms with E-state index >= 15 is 0 Å². The summed E-state index contributed by atoms with van der Waals surface area (Å²) in [5.74, 6) is -4.31. The summed E-state index contributed by atoms with van der Waals surface area (Å²) in [6, 6.07) is 3.58. The fourth-order valence-corrected chi connectivity index (χ4v) is 2.17. The van der Waals surface area contributed by atoms with E-state index in [0.29, 0.717) is 0 Å². The van der Waals surface area contributed by atoms with E-state index in [1.165, 1.54) is 19.1 Å². The molecule has 26 heavy (non-hydrogen) atoms. The minimum Gasteiger partial charge on any atom is -0.481 e. The third-order valence-electron chi connectivity index (χ3n) is 3.63. The number of aliphatic carboxylic acids is 1. The lowest BCUT2D eigenvalue weighted by Gasteiger charge is -2.25. The van der Waals surface area contributed by atoms with E-state index in [0.717, 1.165) is 12.1 Å². The van der Waals surface area contributed by atoms with Crippen LogP contribution in [-0.4, -0.2) is 43.7 Å². The van der Waals surface area contributed by atoms with Crippen molar-refractivity contribution in [2.75, 3.05) is 0 Å². The number of alkyl halides is 2. The highest BCUT2D eigenvalue weighted by Gasteiger charge is 2.31. The summed E-state index contributed by atoms with van der Waals surface area (Å²) in [6.45, 7) is 1.17. The van der Waals surface area contributed by atoms with E-state index in [4.69, 9.17) is 28.3 Å². The molecule has 0 saturated heterocycles. The number of ketones is 1. The van der Waals surface area contributed by atoms with Gasteiger partial charge in [-0.2, -0.15) is 0 Å². The number of nitrogens with one attached hydrogen (secondary N) is 1. The molecule has 0 heterocycles. The maximum atomic E-state index is 12.0. The van der Waals surface area contributed by atoms with Gasteiger partial charge in [0.1, 0.15) is 11.7 Å². The second-order valence-corrected chi connectivity index (χ2v) is 6.54. The zero-order valence-corrected chi connectivity index (χ0v) is 15.0. The molecule has 1 aromatic rings. The number of halogens is 2. The minimum absolute atomic E-state index is 0.178. The minimum atomic E-state index is -1.46. The Morgan fingerprint density at radius 2 is 1.77 bits per heavy atom. The number of carboxylic acid groups (broad SMARTS) is 1. The van der Waals surface area contributed by atoms with Crippen LogP contribution in [0.4, 0.5) is 5.69 Å². The number of benzene rings is 1. The van der Waals surface area contributed by atoms with Gasteiger partial charge in [0.2, 0.25) is 0 Å². The Hall–Kier alpha value is -2.23. The Labute approximate surface area is 158 Å². The molecule has 0 aromatic heterocycles. The number of hydrogen-bond donors (Lipinski definition) is 3. The summed E-state index contributed by atoms with van der Waals surface area (Å²) >= 11 is 10.9. The van der Waals surface area contributed by atoms with Crippen molar-refractivity contribution in [3.8, 4) is 0 Å². The van der Waals surface area contributed by atoms with Crippen LogP contribution >= 0.6 is 23.2 Å². The average molecular weight is 407 g/mol. The van der Waals surface area contributed by atoms with Crippen LogP contribution in [0, 0.1) is 16.0 Å². The van der Waals surface area contributed by atoms with Gasteiger partial charge in [0.15, 0.2) is 4.84 Å². The van der Waals surface area contributed by atoms with Crippen molar-refractivity contribution in [2.24, 2.45) is 5.92 Å². The van der Waals surface area contributed by atoms with Crippen molar-refractivity contribution >= 4 is 46.5 Å². The molecule has 0 aliphatic carbocycles. The highest BCUT2D eigenvalue weighted by Crippen LogP contribution is 2.23. The summed E-state index contributed by atoms with van der Waals surface area (Å²) < 4.78 is 0. The molecule has 9 nitrogen and oxygen atoms in total. The first-order chi connectivity index (χ1) is 12.0. The quantitative estimate of drug-likeness (QED) is 0.244. The van der Waals surface area contributed by atoms with Crippen molar-refractivity contribution in [3.05, 3.63) is 39.9 Å². The van der Waals surface area contributed by atoms with Crippen LogP contribution in [-0.2, 0) is 14.4 Å². The SMILES string of the molecule is CC(C(=O)O)C(=O)CC(NC(=O)C(Cl)Cl)C(O)c1ccc([N+](=O)[O-])cc1. The van der Waals surface area contributed by atoms with E-state index in [-0.39, 0.29) is 11.3 Å². The molecular weight excluding hydrogens is 391 g/mol. The lowest BCUT2D eigenvalue weighted by molar-refractivity contribution is -0.384. The van der Waals surface area contributed by atoms with Crippen LogP contribution in [0.15, 0.2) is 24.3 Å². The van der Waals surface area contributed by atoms with Gasteiger partial charge in [-0.25, -0.2) is 0 Å². The second-order valence-electron chi connectivity index (χ2n) is 5.44. The molecule has 3 unspecified atom stereocenters. The molecular formula is C15H16Cl2N2O7. The molecule has 11 heteroatoms. The molecule has 3 atom stereocenters. The number of non-ortho nitro benzene ring substituents is 1. The molecule has 0 spiro atoms. The molecule has 0 saturated carbocycles. The lowest BCUT2D eigenvalue weighted by Crippen LogP contribution is -2.44. The van der Waals surface area contributed by atoms with Crippen molar-refractivity contribution < 1.29 is 29.5 Å². The van der Waals surface area contributed by atoms with Crippen LogP contribution < -0.4 is 5.32 Å². The van der Waals surface area contributed by atoms with Crippen molar-refractivity contribution in [3.63, 3.8) is 0 Å². The third-order valence-corrected chi connectivity index (χ3v) is 4.02. The fraction of sp³-hybridized carbons (Fsp3) is 0.400. The molecule has 0 radical (unpaired) electrons. The number of aliphatic hydroxyl groups excluding tert-OH is 1. The Balaban J connectivity index is 3.05. The van der Waals surface area contributed by atoms with Crippen LogP contribution in [0.5, 0.6) is 0 Å². The Bertz CT molecular complexity index is 694. The van der Waals surface area contributed by atoms with Gasteiger partial charge in [-0.15, -0.1) is 0 Å². The number of carbonyl (C=O) groups excluding carboxylic acids is 2. The topological polar surface area (TPSA) is 147 Å². The monoisotopic (exact) mass is 406 g/mol. The van der Waals surface area contributed by atoms with E-state index in [1.807, 2.05) is 0 Å². The first-order valence-electron chi connectivity index (χ1n) is 7.31. The van der Waals surface area contributed by atoms with Gasteiger partial charge < -0.3 is 15.5 Å². The predicted molar refractivity (Wildman–Crippen MR) is 91.9 cm³/mol. The Morgan fingerprint density at radius 1 is 1.23 bits per heavy atom. The van der Waals surface area contributed by atoms with E-state index in [9.17, 15) is 29.6 Å². The maximum Gasteiger partial charge on any atom is 0.313 e. The molecule has 142 valence electrons. The van der Waals surface area contributed by atoms with Crippen molar-refractivity contribution in [2.45, 2.75) is 30.3 Å². The van der Waals surface area contributed by atoms with Crippen LogP contribution in [0.2, 0.25) is 0 Å².